The van der Waals surface area contributed by atoms with Crippen molar-refractivity contribution in [1.82, 2.24) is 10.2 Å². The molecule has 2 aliphatic carbocycles. The molecule has 5 rings (SSSR count). The molecule has 38 heavy (non-hydrogen) atoms. The number of carbonyl (C=O) groups excluding carboxylic acids is 1. The largest absolute Gasteiger partial charge is 0.416 e. The van der Waals surface area contributed by atoms with Gasteiger partial charge in [-0.05, 0) is 79.0 Å². The number of nitrogens with zero attached hydrogens (tertiary/aromatic N) is 1. The van der Waals surface area contributed by atoms with E-state index >= 15 is 0 Å². The van der Waals surface area contributed by atoms with E-state index in [0.29, 0.717) is 12.0 Å². The quantitative estimate of drug-likeness (QED) is 0.426. The van der Waals surface area contributed by atoms with Crippen molar-refractivity contribution in [3.63, 3.8) is 0 Å². The summed E-state index contributed by atoms with van der Waals surface area (Å²) in [7, 11) is 0. The van der Waals surface area contributed by atoms with Gasteiger partial charge in [0.05, 0.1) is 11.0 Å². The second kappa shape index (κ2) is 9.82. The first-order valence-electron chi connectivity index (χ1n) is 13.6. The van der Waals surface area contributed by atoms with Crippen molar-refractivity contribution >= 4 is 12.0 Å². The first kappa shape index (κ1) is 26.9. The number of rotatable bonds is 5. The number of nitrogens with one attached hydrogen (secondary N) is 1. The van der Waals surface area contributed by atoms with Crippen LogP contribution in [-0.4, -0.2) is 29.9 Å². The van der Waals surface area contributed by atoms with Gasteiger partial charge in [0.2, 0.25) is 5.91 Å². The lowest BCUT2D eigenvalue weighted by Gasteiger charge is -2.47. The lowest BCUT2D eigenvalue weighted by Crippen LogP contribution is -2.51. The van der Waals surface area contributed by atoms with E-state index in [0.717, 1.165) is 50.9 Å². The molecule has 7 heteroatoms. The lowest BCUT2D eigenvalue weighted by molar-refractivity contribution is -0.137. The van der Waals surface area contributed by atoms with E-state index in [1.54, 1.807) is 0 Å². The summed E-state index contributed by atoms with van der Waals surface area (Å²) >= 11 is 0. The number of carbonyl (C=O) groups is 1. The van der Waals surface area contributed by atoms with Crippen LogP contribution in [0, 0.1) is 23.1 Å². The van der Waals surface area contributed by atoms with Crippen molar-refractivity contribution in [3.8, 4) is 0 Å². The molecule has 1 aliphatic heterocycles. The van der Waals surface area contributed by atoms with Gasteiger partial charge >= 0.3 is 6.18 Å². The minimum atomic E-state index is -4.64. The van der Waals surface area contributed by atoms with Crippen molar-refractivity contribution in [1.29, 1.82) is 0 Å². The maximum absolute atomic E-state index is 13.8. The number of piperidine rings is 1. The number of fused-ring (bicyclic) bond motifs is 2. The highest BCUT2D eigenvalue weighted by Crippen LogP contribution is 2.50. The van der Waals surface area contributed by atoms with E-state index in [-0.39, 0.29) is 35.4 Å². The van der Waals surface area contributed by atoms with Crippen molar-refractivity contribution in [3.05, 3.63) is 76.6 Å². The Kier molecular flexibility index (Phi) is 6.95. The first-order valence-corrected chi connectivity index (χ1v) is 13.6. The zero-order chi connectivity index (χ0) is 27.3. The lowest BCUT2D eigenvalue weighted by atomic mass is 9.67. The number of hydrogen-bond donors (Lipinski definition) is 1. The Morgan fingerprint density at radius 2 is 1.92 bits per heavy atom. The van der Waals surface area contributed by atoms with E-state index < -0.39 is 23.0 Å². The van der Waals surface area contributed by atoms with Crippen LogP contribution < -0.4 is 5.32 Å². The van der Waals surface area contributed by atoms with Gasteiger partial charge in [-0.3, -0.25) is 9.69 Å². The van der Waals surface area contributed by atoms with E-state index in [1.165, 1.54) is 11.1 Å². The molecule has 0 bridgehead atoms. The molecule has 1 N–H and O–H groups in total. The number of amides is 1. The van der Waals surface area contributed by atoms with Crippen LogP contribution in [0.1, 0.15) is 68.7 Å². The fourth-order valence-electron chi connectivity index (χ4n) is 7.18. The summed E-state index contributed by atoms with van der Waals surface area (Å²) in [4.78, 5) is 16.1. The monoisotopic (exact) mass is 528 g/mol. The molecular weight excluding hydrogens is 492 g/mol. The topological polar surface area (TPSA) is 32.3 Å². The van der Waals surface area contributed by atoms with E-state index in [4.69, 9.17) is 0 Å². The van der Waals surface area contributed by atoms with Gasteiger partial charge in [-0.25, -0.2) is 4.39 Å². The summed E-state index contributed by atoms with van der Waals surface area (Å²) in [5, 5.41) is 2.85. The van der Waals surface area contributed by atoms with E-state index in [9.17, 15) is 22.4 Å². The molecule has 0 radical (unpaired) electrons. The Morgan fingerprint density at radius 1 is 1.16 bits per heavy atom. The average molecular weight is 529 g/mol. The molecule has 2 aromatic rings. The van der Waals surface area contributed by atoms with Crippen LogP contribution in [0.4, 0.5) is 17.6 Å². The Bertz CT molecular complexity index is 1240. The van der Waals surface area contributed by atoms with Gasteiger partial charge in [0.25, 0.3) is 0 Å². The summed E-state index contributed by atoms with van der Waals surface area (Å²) in [6.07, 6.45) is 3.41. The number of likely N-dealkylation sites (tertiary alicyclic amines) is 1. The third-order valence-electron chi connectivity index (χ3n) is 9.56. The fourth-order valence-corrected chi connectivity index (χ4v) is 7.18. The Morgan fingerprint density at radius 3 is 2.63 bits per heavy atom. The second-order valence-corrected chi connectivity index (χ2v) is 11.8. The third kappa shape index (κ3) is 4.67. The summed E-state index contributed by atoms with van der Waals surface area (Å²) in [6, 6.07) is 11.4. The molecule has 2 fully saturated rings. The first-order chi connectivity index (χ1) is 17.9. The molecule has 4 atom stereocenters. The molecule has 1 spiro atoms. The standard InChI is InChI=1S/C31H36F4N2O/c1-20(2)30(28(38)36-18-22-14-24(31(33,34)35)16-25(32)15-22)11-9-26(17-30)37-13-12-29(21(3)19-37)10-8-23-6-4-5-7-27(23)29/h4-8,10,14-16,20-21,26H,9,11-13,17-19H2,1-3H3,(H,36,38)/t21-,26+,29+,30-/m0/s1. The molecule has 0 aromatic heterocycles. The molecule has 0 unspecified atom stereocenters. The van der Waals surface area contributed by atoms with Gasteiger partial charge in [0.15, 0.2) is 0 Å². The molecule has 1 saturated carbocycles. The summed E-state index contributed by atoms with van der Waals surface area (Å²) in [5.74, 6) is -0.596. The maximum atomic E-state index is 13.8. The molecule has 3 aliphatic rings. The zero-order valence-corrected chi connectivity index (χ0v) is 22.2. The molecule has 204 valence electrons. The van der Waals surface area contributed by atoms with Crippen molar-refractivity contribution in [2.24, 2.45) is 17.3 Å². The zero-order valence-electron chi connectivity index (χ0n) is 22.2. The highest BCUT2D eigenvalue weighted by molar-refractivity contribution is 5.83. The van der Waals surface area contributed by atoms with Crippen LogP contribution in [-0.2, 0) is 22.9 Å². The van der Waals surface area contributed by atoms with Crippen LogP contribution in [0.15, 0.2) is 48.5 Å². The summed E-state index contributed by atoms with van der Waals surface area (Å²) < 4.78 is 53.2. The smallest absolute Gasteiger partial charge is 0.352 e. The maximum Gasteiger partial charge on any atom is 0.416 e. The van der Waals surface area contributed by atoms with Gasteiger partial charge in [-0.1, -0.05) is 57.2 Å². The normalized spacial score (nSPS) is 29.3. The fraction of sp³-hybridized carbons (Fsp3) is 0.516. The SMILES string of the molecule is CC(C)[C@]1(C(=O)NCc2cc(F)cc(C(F)(F)F)c2)CC[C@@H](N2CC[C@]3(C=Cc4ccccc43)[C@@H](C)C2)C1. The molecule has 3 nitrogen and oxygen atoms in total. The minimum Gasteiger partial charge on any atom is -0.352 e. The van der Waals surface area contributed by atoms with Crippen LogP contribution in [0.5, 0.6) is 0 Å². The predicted molar refractivity (Wildman–Crippen MR) is 141 cm³/mol. The van der Waals surface area contributed by atoms with Gasteiger partial charge in [0.1, 0.15) is 5.82 Å². The highest BCUT2D eigenvalue weighted by Gasteiger charge is 2.51. The number of halogens is 4. The van der Waals surface area contributed by atoms with Crippen LogP contribution >= 0.6 is 0 Å². The van der Waals surface area contributed by atoms with Crippen molar-refractivity contribution in [2.75, 3.05) is 13.1 Å². The highest BCUT2D eigenvalue weighted by atomic mass is 19.4. The molecule has 2 aromatic carbocycles. The van der Waals surface area contributed by atoms with Crippen molar-refractivity contribution in [2.45, 2.75) is 70.6 Å². The summed E-state index contributed by atoms with van der Waals surface area (Å²) in [6.45, 7) is 8.20. The number of benzene rings is 2. The van der Waals surface area contributed by atoms with E-state index in [1.807, 2.05) is 13.8 Å². The number of hydrogen-bond acceptors (Lipinski definition) is 2. The van der Waals surface area contributed by atoms with Crippen molar-refractivity contribution < 1.29 is 22.4 Å². The second-order valence-electron chi connectivity index (χ2n) is 11.8. The van der Waals surface area contributed by atoms with Gasteiger partial charge in [-0.15, -0.1) is 0 Å². The Labute approximate surface area is 222 Å². The number of alkyl halides is 3. The predicted octanol–water partition coefficient (Wildman–Crippen LogP) is 6.96. The van der Waals surface area contributed by atoms with E-state index in [2.05, 4.69) is 53.6 Å². The Hall–Kier alpha value is -2.67. The Balaban J connectivity index is 1.26. The molecule has 1 saturated heterocycles. The summed E-state index contributed by atoms with van der Waals surface area (Å²) in [5.41, 5.74) is 1.27. The van der Waals surface area contributed by atoms with Gasteiger partial charge in [-0.2, -0.15) is 13.2 Å². The minimum absolute atomic E-state index is 0.0679. The van der Waals surface area contributed by atoms with Crippen LogP contribution in [0.3, 0.4) is 0 Å². The third-order valence-corrected chi connectivity index (χ3v) is 9.56. The molecule has 1 amide bonds. The van der Waals surface area contributed by atoms with Crippen LogP contribution in [0.25, 0.3) is 6.08 Å². The van der Waals surface area contributed by atoms with Crippen LogP contribution in [0.2, 0.25) is 0 Å². The molecular formula is C31H36F4N2O. The number of allylic oxidation sites excluding steroid dienone is 1. The average Bonchev–Trinajstić information content (AvgIpc) is 3.48. The van der Waals surface area contributed by atoms with Gasteiger partial charge in [0, 0.05) is 24.5 Å². The van der Waals surface area contributed by atoms with Gasteiger partial charge < -0.3 is 5.32 Å². The molecule has 1 heterocycles.